The Labute approximate surface area is 159 Å². The van der Waals surface area contributed by atoms with Crippen LogP contribution < -0.4 is 10.2 Å². The highest BCUT2D eigenvalue weighted by Gasteiger charge is 2.28. The third-order valence-corrected chi connectivity index (χ3v) is 5.03. The predicted molar refractivity (Wildman–Crippen MR) is 105 cm³/mol. The van der Waals surface area contributed by atoms with Crippen LogP contribution in [0.25, 0.3) is 0 Å². The fourth-order valence-corrected chi connectivity index (χ4v) is 3.49. The summed E-state index contributed by atoms with van der Waals surface area (Å²) in [5, 5.41) is 2.88. The van der Waals surface area contributed by atoms with Gasteiger partial charge in [-0.1, -0.05) is 36.4 Å². The Morgan fingerprint density at radius 3 is 2.42 bits per heavy atom. The maximum Gasteiger partial charge on any atom is 0.258 e. The molecule has 0 aliphatic carbocycles. The predicted octanol–water partition coefficient (Wildman–Crippen LogP) is 4.86. The molecule has 4 nitrogen and oxygen atoms in total. The minimum atomic E-state index is -0.177. The summed E-state index contributed by atoms with van der Waals surface area (Å²) in [4.78, 5) is 26.6. The van der Waals surface area contributed by atoms with Crippen LogP contribution in [0.2, 0.25) is 0 Å². The first kappa shape index (κ1) is 16.5. The molecule has 128 valence electrons. The van der Waals surface area contributed by atoms with Crippen molar-refractivity contribution in [1.82, 2.24) is 0 Å². The van der Waals surface area contributed by atoms with Crippen molar-refractivity contribution in [2.24, 2.45) is 0 Å². The second kappa shape index (κ2) is 6.77. The van der Waals surface area contributed by atoms with Crippen LogP contribution in [0.5, 0.6) is 0 Å². The van der Waals surface area contributed by atoms with Crippen molar-refractivity contribution in [3.63, 3.8) is 0 Å². The molecule has 2 amide bonds. The fourth-order valence-electron chi connectivity index (χ4n) is 3.02. The highest BCUT2D eigenvalue weighted by atomic mass is 79.9. The Hall–Kier alpha value is -2.92. The van der Waals surface area contributed by atoms with E-state index in [-0.39, 0.29) is 11.8 Å². The zero-order valence-corrected chi connectivity index (χ0v) is 15.4. The summed E-state index contributed by atoms with van der Waals surface area (Å²) in [5.41, 5.74) is 3.80. The van der Waals surface area contributed by atoms with Crippen LogP contribution in [0, 0.1) is 0 Å². The van der Waals surface area contributed by atoms with Gasteiger partial charge in [0.2, 0.25) is 0 Å². The molecule has 0 atom stereocenters. The first-order valence-corrected chi connectivity index (χ1v) is 8.98. The molecule has 1 N–H and O–H groups in total. The Balaban J connectivity index is 1.56. The molecule has 0 spiro atoms. The van der Waals surface area contributed by atoms with Crippen molar-refractivity contribution in [3.8, 4) is 0 Å². The minimum Gasteiger partial charge on any atom is -0.321 e. The lowest BCUT2D eigenvalue weighted by Crippen LogP contribution is -2.23. The van der Waals surface area contributed by atoms with Gasteiger partial charge in [0, 0.05) is 21.3 Å². The number of benzene rings is 3. The van der Waals surface area contributed by atoms with E-state index in [9.17, 15) is 9.59 Å². The Morgan fingerprint density at radius 1 is 0.962 bits per heavy atom. The summed E-state index contributed by atoms with van der Waals surface area (Å²) in [6.07, 6.45) is 0. The molecule has 5 heteroatoms. The number of rotatable bonds is 3. The molecule has 1 aliphatic heterocycles. The summed E-state index contributed by atoms with van der Waals surface area (Å²) in [6.45, 7) is 0.553. The molecule has 0 radical (unpaired) electrons. The van der Waals surface area contributed by atoms with E-state index in [1.807, 2.05) is 54.6 Å². The molecule has 0 aromatic heterocycles. The van der Waals surface area contributed by atoms with E-state index in [4.69, 9.17) is 0 Å². The van der Waals surface area contributed by atoms with Crippen LogP contribution in [0.15, 0.2) is 77.3 Å². The second-order valence-electron chi connectivity index (χ2n) is 6.03. The molecule has 1 heterocycles. The number of fused-ring (bicyclic) bond motifs is 1. The summed E-state index contributed by atoms with van der Waals surface area (Å²) < 4.78 is 0.725. The Bertz CT molecular complexity index is 1000. The van der Waals surface area contributed by atoms with Gasteiger partial charge in [0.25, 0.3) is 11.8 Å². The number of anilines is 2. The van der Waals surface area contributed by atoms with Crippen LogP contribution in [-0.4, -0.2) is 11.8 Å². The van der Waals surface area contributed by atoms with Crippen molar-refractivity contribution >= 4 is 39.1 Å². The molecule has 3 aromatic carbocycles. The van der Waals surface area contributed by atoms with Crippen LogP contribution in [0.4, 0.5) is 11.4 Å². The zero-order valence-electron chi connectivity index (χ0n) is 13.8. The van der Waals surface area contributed by atoms with E-state index in [2.05, 4.69) is 21.2 Å². The number of carbonyl (C=O) groups excluding carboxylic acids is 2. The molecule has 4 rings (SSSR count). The molecule has 26 heavy (non-hydrogen) atoms. The van der Waals surface area contributed by atoms with Crippen LogP contribution in [-0.2, 0) is 6.54 Å². The minimum absolute atomic E-state index is 0.00595. The number of nitrogens with one attached hydrogen (secondary N) is 1. The van der Waals surface area contributed by atoms with Crippen LogP contribution >= 0.6 is 15.9 Å². The van der Waals surface area contributed by atoms with Crippen molar-refractivity contribution < 1.29 is 9.59 Å². The summed E-state index contributed by atoms with van der Waals surface area (Å²) in [5.74, 6) is -0.183. The average molecular weight is 407 g/mol. The number of hydrogen-bond donors (Lipinski definition) is 1. The van der Waals surface area contributed by atoms with Gasteiger partial charge in [-0.3, -0.25) is 9.59 Å². The largest absolute Gasteiger partial charge is 0.321 e. The van der Waals surface area contributed by atoms with Crippen molar-refractivity contribution in [1.29, 1.82) is 0 Å². The van der Waals surface area contributed by atoms with Crippen LogP contribution in [0.3, 0.4) is 0 Å². The quantitative estimate of drug-likeness (QED) is 0.674. The third kappa shape index (κ3) is 3.02. The zero-order chi connectivity index (χ0) is 18.1. The van der Waals surface area contributed by atoms with Gasteiger partial charge in [-0.15, -0.1) is 0 Å². The standard InChI is InChI=1S/C21H15BrN2O2/c22-18-12-16(24-13-15-8-4-5-9-17(15)21(24)26)10-11-19(18)23-20(25)14-6-2-1-3-7-14/h1-12H,13H2,(H,23,25). The maximum atomic E-state index is 12.6. The molecule has 0 unspecified atom stereocenters. The van der Waals surface area contributed by atoms with Gasteiger partial charge >= 0.3 is 0 Å². The lowest BCUT2D eigenvalue weighted by atomic mass is 10.1. The number of carbonyl (C=O) groups is 2. The van der Waals surface area contributed by atoms with Gasteiger partial charge < -0.3 is 10.2 Å². The molecule has 0 saturated heterocycles. The van der Waals surface area contributed by atoms with Crippen LogP contribution in [0.1, 0.15) is 26.3 Å². The maximum absolute atomic E-state index is 12.6. The van der Waals surface area contributed by atoms with E-state index in [1.54, 1.807) is 23.1 Å². The first-order chi connectivity index (χ1) is 12.6. The summed E-state index contributed by atoms with van der Waals surface area (Å²) >= 11 is 3.50. The SMILES string of the molecule is O=C(Nc1ccc(N2Cc3ccccc3C2=O)cc1Br)c1ccccc1. The Kier molecular flexibility index (Phi) is 4.31. The topological polar surface area (TPSA) is 49.4 Å². The van der Waals surface area contributed by atoms with Gasteiger partial charge in [-0.25, -0.2) is 0 Å². The van der Waals surface area contributed by atoms with E-state index in [0.29, 0.717) is 17.8 Å². The van der Waals surface area contributed by atoms with Gasteiger partial charge in [0.1, 0.15) is 0 Å². The van der Waals surface area contributed by atoms with Crippen molar-refractivity contribution in [2.75, 3.05) is 10.2 Å². The molecule has 0 saturated carbocycles. The molecule has 1 aliphatic rings. The Morgan fingerprint density at radius 2 is 1.69 bits per heavy atom. The lowest BCUT2D eigenvalue weighted by Gasteiger charge is -2.17. The van der Waals surface area contributed by atoms with E-state index in [1.165, 1.54) is 0 Å². The third-order valence-electron chi connectivity index (χ3n) is 4.37. The van der Waals surface area contributed by atoms with Crippen molar-refractivity contribution in [2.45, 2.75) is 6.54 Å². The van der Waals surface area contributed by atoms with Gasteiger partial charge in [-0.2, -0.15) is 0 Å². The summed E-state index contributed by atoms with van der Waals surface area (Å²) in [6, 6.07) is 22.2. The molecule has 0 bridgehead atoms. The van der Waals surface area contributed by atoms with Gasteiger partial charge in [0.05, 0.1) is 12.2 Å². The molecular formula is C21H15BrN2O2. The number of amides is 2. The smallest absolute Gasteiger partial charge is 0.258 e. The molecule has 3 aromatic rings. The normalized spacial score (nSPS) is 12.8. The average Bonchev–Trinajstić information content (AvgIpc) is 3.01. The highest BCUT2D eigenvalue weighted by Crippen LogP contribution is 2.33. The number of nitrogens with zero attached hydrogens (tertiary/aromatic N) is 1. The van der Waals surface area contributed by atoms with E-state index < -0.39 is 0 Å². The van der Waals surface area contributed by atoms with Gasteiger partial charge in [-0.05, 0) is 57.9 Å². The lowest BCUT2D eigenvalue weighted by molar-refractivity contribution is 0.0994. The fraction of sp³-hybridized carbons (Fsp3) is 0.0476. The number of hydrogen-bond acceptors (Lipinski definition) is 2. The molecular weight excluding hydrogens is 392 g/mol. The number of halogens is 1. The second-order valence-corrected chi connectivity index (χ2v) is 6.89. The monoisotopic (exact) mass is 406 g/mol. The van der Waals surface area contributed by atoms with Crippen molar-refractivity contribution in [3.05, 3.63) is 94.0 Å². The van der Waals surface area contributed by atoms with Gasteiger partial charge in [0.15, 0.2) is 0 Å². The molecule has 0 fully saturated rings. The summed E-state index contributed by atoms with van der Waals surface area (Å²) in [7, 11) is 0. The first-order valence-electron chi connectivity index (χ1n) is 8.19. The van der Waals surface area contributed by atoms with E-state index in [0.717, 1.165) is 21.3 Å². The highest BCUT2D eigenvalue weighted by molar-refractivity contribution is 9.10. The van der Waals surface area contributed by atoms with E-state index >= 15 is 0 Å².